The van der Waals surface area contributed by atoms with Gasteiger partial charge in [-0.2, -0.15) is 14.8 Å². The van der Waals surface area contributed by atoms with E-state index in [0.29, 0.717) is 17.9 Å². The largest absolute Gasteiger partial charge is 0.356 e. The van der Waals surface area contributed by atoms with E-state index >= 15 is 0 Å². The Labute approximate surface area is 151 Å². The van der Waals surface area contributed by atoms with E-state index in [9.17, 15) is 9.59 Å². The number of nitrogens with one attached hydrogen (secondary N) is 2. The molecular weight excluding hydrogens is 332 g/mol. The van der Waals surface area contributed by atoms with Gasteiger partial charge in [-0.25, -0.2) is 0 Å². The molecule has 0 aliphatic carbocycles. The van der Waals surface area contributed by atoms with Gasteiger partial charge < -0.3 is 15.5 Å². The summed E-state index contributed by atoms with van der Waals surface area (Å²) in [6, 6.07) is 3.80. The number of carbonyl (C=O) groups is 2. The van der Waals surface area contributed by atoms with Gasteiger partial charge in [-0.1, -0.05) is 0 Å². The molecule has 4 heterocycles. The van der Waals surface area contributed by atoms with E-state index in [1.54, 1.807) is 18.5 Å². The zero-order valence-corrected chi connectivity index (χ0v) is 14.7. The first kappa shape index (κ1) is 17.0. The maximum atomic E-state index is 12.6. The fourth-order valence-electron chi connectivity index (χ4n) is 3.92. The predicted octanol–water partition coefficient (Wildman–Crippen LogP) is 0.450. The van der Waals surface area contributed by atoms with Crippen LogP contribution in [0.2, 0.25) is 0 Å². The Morgan fingerprint density at radius 1 is 1.31 bits per heavy atom. The van der Waals surface area contributed by atoms with Crippen molar-refractivity contribution >= 4 is 17.3 Å². The molecule has 0 aromatic carbocycles. The van der Waals surface area contributed by atoms with Crippen molar-refractivity contribution in [3.63, 3.8) is 0 Å². The van der Waals surface area contributed by atoms with Gasteiger partial charge in [0.2, 0.25) is 5.91 Å². The molecule has 4 rings (SSSR count). The molecule has 2 aliphatic rings. The van der Waals surface area contributed by atoms with Gasteiger partial charge in [0.05, 0.1) is 11.8 Å². The molecule has 2 saturated heterocycles. The lowest BCUT2D eigenvalue weighted by Gasteiger charge is -2.22. The Kier molecular flexibility index (Phi) is 4.83. The number of nitrogens with zero attached hydrogens (tertiary/aromatic N) is 4. The molecular formula is C18H24N6O2. The third-order valence-corrected chi connectivity index (χ3v) is 5.33. The minimum Gasteiger partial charge on any atom is -0.356 e. The third-order valence-electron chi connectivity index (χ3n) is 5.33. The fourth-order valence-corrected chi connectivity index (χ4v) is 3.92. The van der Waals surface area contributed by atoms with E-state index < -0.39 is 0 Å². The van der Waals surface area contributed by atoms with Crippen molar-refractivity contribution in [1.82, 2.24) is 30.4 Å². The lowest BCUT2D eigenvalue weighted by Crippen LogP contribution is -2.38. The van der Waals surface area contributed by atoms with Crippen LogP contribution in [0.1, 0.15) is 36.0 Å². The molecule has 8 nitrogen and oxygen atoms in total. The monoisotopic (exact) mass is 356 g/mol. The molecule has 2 amide bonds. The summed E-state index contributed by atoms with van der Waals surface area (Å²) in [6.45, 7) is 3.63. The van der Waals surface area contributed by atoms with E-state index in [4.69, 9.17) is 0 Å². The summed E-state index contributed by atoms with van der Waals surface area (Å²) in [5, 5.41) is 14.3. The summed E-state index contributed by atoms with van der Waals surface area (Å²) in [4.78, 5) is 26.5. The molecule has 2 unspecified atom stereocenters. The normalized spacial score (nSPS) is 24.4. The second-order valence-corrected chi connectivity index (χ2v) is 7.22. The van der Waals surface area contributed by atoms with Gasteiger partial charge in [0.1, 0.15) is 5.52 Å². The molecule has 2 N–H and O–H groups in total. The lowest BCUT2D eigenvalue weighted by molar-refractivity contribution is -0.120. The molecule has 8 heteroatoms. The van der Waals surface area contributed by atoms with E-state index in [0.717, 1.165) is 51.0 Å². The van der Waals surface area contributed by atoms with Gasteiger partial charge in [0.25, 0.3) is 5.91 Å². The smallest absolute Gasteiger partial charge is 0.255 e. The van der Waals surface area contributed by atoms with E-state index in [1.807, 2.05) is 6.07 Å². The van der Waals surface area contributed by atoms with Crippen LogP contribution in [0.25, 0.3) is 5.52 Å². The van der Waals surface area contributed by atoms with Crippen LogP contribution in [0, 0.1) is 5.92 Å². The number of amides is 2. The van der Waals surface area contributed by atoms with Gasteiger partial charge >= 0.3 is 0 Å². The summed E-state index contributed by atoms with van der Waals surface area (Å²) in [5.41, 5.74) is 1.28. The molecule has 2 aromatic heterocycles. The number of fused-ring (bicyclic) bond motifs is 1. The molecule has 2 aliphatic heterocycles. The summed E-state index contributed by atoms with van der Waals surface area (Å²) in [5.74, 6) is 0.625. The van der Waals surface area contributed by atoms with E-state index in [-0.39, 0.29) is 17.9 Å². The highest BCUT2D eigenvalue weighted by atomic mass is 16.2. The highest BCUT2D eigenvalue weighted by molar-refractivity contribution is 6.00. The van der Waals surface area contributed by atoms with Crippen molar-refractivity contribution in [3.8, 4) is 0 Å². The number of likely N-dealkylation sites (tertiary alicyclic amines) is 1. The van der Waals surface area contributed by atoms with Crippen LogP contribution in [-0.2, 0) is 4.79 Å². The number of hydrogen-bond acceptors (Lipinski definition) is 5. The van der Waals surface area contributed by atoms with E-state index in [2.05, 4.69) is 25.7 Å². The van der Waals surface area contributed by atoms with Crippen molar-refractivity contribution in [2.75, 3.05) is 26.2 Å². The number of rotatable bonds is 4. The maximum Gasteiger partial charge on any atom is 0.255 e. The first-order valence-corrected chi connectivity index (χ1v) is 9.28. The van der Waals surface area contributed by atoms with Crippen LogP contribution < -0.4 is 10.6 Å². The Morgan fingerprint density at radius 2 is 2.23 bits per heavy atom. The van der Waals surface area contributed by atoms with Gasteiger partial charge in [-0.3, -0.25) is 9.59 Å². The van der Waals surface area contributed by atoms with E-state index in [1.165, 1.54) is 4.63 Å². The zero-order chi connectivity index (χ0) is 17.9. The number of carbonyl (C=O) groups excluding carboxylic acids is 2. The first-order chi connectivity index (χ1) is 12.7. The molecule has 0 bridgehead atoms. The lowest BCUT2D eigenvalue weighted by atomic mass is 10.0. The highest BCUT2D eigenvalue weighted by Gasteiger charge is 2.27. The average molecular weight is 356 g/mol. The molecule has 2 atom stereocenters. The first-order valence-electron chi connectivity index (χ1n) is 9.28. The second-order valence-electron chi connectivity index (χ2n) is 7.22. The molecule has 26 heavy (non-hydrogen) atoms. The Morgan fingerprint density at radius 3 is 3.15 bits per heavy atom. The van der Waals surface area contributed by atoms with Gasteiger partial charge in [-0.15, -0.1) is 0 Å². The maximum absolute atomic E-state index is 12.6. The quantitative estimate of drug-likeness (QED) is 0.830. The fraction of sp³-hybridized carbons (Fsp3) is 0.556. The second kappa shape index (κ2) is 7.41. The zero-order valence-electron chi connectivity index (χ0n) is 14.7. The summed E-state index contributed by atoms with van der Waals surface area (Å²) < 4.78 is 1.47. The van der Waals surface area contributed by atoms with Crippen LogP contribution in [-0.4, -0.2) is 63.8 Å². The predicted molar refractivity (Wildman–Crippen MR) is 95.6 cm³/mol. The van der Waals surface area contributed by atoms with Crippen LogP contribution in [0.15, 0.2) is 24.5 Å². The topological polar surface area (TPSA) is 91.6 Å². The van der Waals surface area contributed by atoms with Gasteiger partial charge in [0, 0.05) is 44.8 Å². The molecule has 0 radical (unpaired) electrons. The Balaban J connectivity index is 1.31. The van der Waals surface area contributed by atoms with Crippen LogP contribution in [0.3, 0.4) is 0 Å². The molecule has 138 valence electrons. The Hall–Kier alpha value is -2.48. The summed E-state index contributed by atoms with van der Waals surface area (Å²) >= 11 is 0. The minimum absolute atomic E-state index is 0.0934. The third kappa shape index (κ3) is 3.70. The highest BCUT2D eigenvalue weighted by Crippen LogP contribution is 2.19. The molecule has 2 fully saturated rings. The van der Waals surface area contributed by atoms with Crippen LogP contribution in [0.4, 0.5) is 0 Å². The summed E-state index contributed by atoms with van der Waals surface area (Å²) in [7, 11) is 0. The molecule has 0 saturated carbocycles. The number of hydrogen-bond donors (Lipinski definition) is 2. The standard InChI is InChI=1S/C18H24N6O2/c25-17-4-3-13(5-8-19-17)11-23-9-6-14(12-23)22-18(26)15-10-21-24-16(15)2-1-7-20-24/h1-2,7,10,13-14H,3-6,8-9,11-12H2,(H,19,25)(H,22,26). The average Bonchev–Trinajstić information content (AvgIpc) is 3.20. The molecule has 0 spiro atoms. The van der Waals surface area contributed by atoms with Crippen molar-refractivity contribution in [2.45, 2.75) is 31.7 Å². The van der Waals surface area contributed by atoms with Crippen molar-refractivity contribution in [2.24, 2.45) is 5.92 Å². The van der Waals surface area contributed by atoms with Crippen molar-refractivity contribution < 1.29 is 9.59 Å². The minimum atomic E-state index is -0.0934. The Bertz CT molecular complexity index is 804. The van der Waals surface area contributed by atoms with Crippen LogP contribution in [0.5, 0.6) is 0 Å². The van der Waals surface area contributed by atoms with Gasteiger partial charge in [-0.05, 0) is 37.3 Å². The number of aromatic nitrogens is 3. The van der Waals surface area contributed by atoms with Crippen molar-refractivity contribution in [3.05, 3.63) is 30.1 Å². The van der Waals surface area contributed by atoms with Crippen LogP contribution >= 0.6 is 0 Å². The van der Waals surface area contributed by atoms with Gasteiger partial charge in [0.15, 0.2) is 0 Å². The SMILES string of the molecule is O=C1CCC(CN2CCC(NC(=O)c3cnn4ncccc34)C2)CCN1. The molecule has 2 aromatic rings. The summed E-state index contributed by atoms with van der Waals surface area (Å²) in [6.07, 6.45) is 6.78. The van der Waals surface area contributed by atoms with Crippen molar-refractivity contribution in [1.29, 1.82) is 0 Å².